The molecule has 4 rings (SSSR count). The Morgan fingerprint density at radius 3 is 2.39 bits per heavy atom. The molecule has 1 aliphatic rings. The highest BCUT2D eigenvalue weighted by atomic mass is 16.1. The van der Waals surface area contributed by atoms with E-state index in [1.54, 1.807) is 11.0 Å². The molecular weight excluding hydrogens is 354 g/mol. The van der Waals surface area contributed by atoms with Gasteiger partial charge in [0, 0.05) is 24.7 Å². The number of rotatable bonds is 5. The predicted octanol–water partition coefficient (Wildman–Crippen LogP) is 2.47. The van der Waals surface area contributed by atoms with Gasteiger partial charge >= 0.3 is 0 Å². The Balaban J connectivity index is 1.31. The van der Waals surface area contributed by atoms with Gasteiger partial charge < -0.3 is 10.2 Å². The lowest BCUT2D eigenvalue weighted by atomic mass is 9.95. The van der Waals surface area contributed by atoms with Gasteiger partial charge in [0.15, 0.2) is 11.6 Å². The molecule has 0 spiro atoms. The molecule has 28 heavy (non-hydrogen) atoms. The van der Waals surface area contributed by atoms with Gasteiger partial charge in [-0.1, -0.05) is 19.1 Å². The maximum absolute atomic E-state index is 12.6. The Morgan fingerprint density at radius 1 is 1.07 bits per heavy atom. The van der Waals surface area contributed by atoms with Crippen LogP contribution in [0.1, 0.15) is 25.3 Å². The highest BCUT2D eigenvalue weighted by Gasteiger charge is 2.26. The molecule has 0 bridgehead atoms. The van der Waals surface area contributed by atoms with Crippen molar-refractivity contribution in [2.24, 2.45) is 5.92 Å². The van der Waals surface area contributed by atoms with E-state index in [0.717, 1.165) is 43.9 Å². The molecule has 0 unspecified atom stereocenters. The molecule has 0 aliphatic carbocycles. The number of piperidine rings is 1. The summed E-state index contributed by atoms with van der Waals surface area (Å²) in [5, 5.41) is 15.6. The molecule has 1 N–H and O–H groups in total. The smallest absolute Gasteiger partial charge is 0.227 e. The fourth-order valence-electron chi connectivity index (χ4n) is 3.37. The fourth-order valence-corrected chi connectivity index (χ4v) is 3.37. The zero-order chi connectivity index (χ0) is 19.3. The van der Waals surface area contributed by atoms with Crippen molar-refractivity contribution in [2.75, 3.05) is 23.3 Å². The molecule has 3 heterocycles. The minimum atomic E-state index is 0.0180. The van der Waals surface area contributed by atoms with Crippen molar-refractivity contribution in [1.82, 2.24) is 25.0 Å². The molecule has 1 aromatic carbocycles. The molecular formula is C20H23N7O. The average molecular weight is 377 g/mol. The molecule has 1 saturated heterocycles. The third kappa shape index (κ3) is 4.00. The van der Waals surface area contributed by atoms with E-state index in [1.165, 1.54) is 11.9 Å². The summed E-state index contributed by atoms with van der Waals surface area (Å²) < 4.78 is 1.57. The average Bonchev–Trinajstić information content (AvgIpc) is 3.29. The fraction of sp³-hybridized carbons (Fsp3) is 0.350. The summed E-state index contributed by atoms with van der Waals surface area (Å²) >= 11 is 0. The first-order chi connectivity index (χ1) is 13.7. The van der Waals surface area contributed by atoms with Gasteiger partial charge in [0.1, 0.15) is 12.7 Å². The summed E-state index contributed by atoms with van der Waals surface area (Å²) in [5.74, 6) is 1.56. The summed E-state index contributed by atoms with van der Waals surface area (Å²) in [6, 6.07) is 11.9. The summed E-state index contributed by atoms with van der Waals surface area (Å²) in [7, 11) is 0. The second-order valence-electron chi connectivity index (χ2n) is 6.89. The van der Waals surface area contributed by atoms with Crippen molar-refractivity contribution >= 4 is 17.4 Å². The van der Waals surface area contributed by atoms with Crippen molar-refractivity contribution in [2.45, 2.75) is 26.2 Å². The topological polar surface area (TPSA) is 88.8 Å². The molecule has 144 valence electrons. The zero-order valence-electron chi connectivity index (χ0n) is 15.8. The van der Waals surface area contributed by atoms with Crippen LogP contribution in [0.4, 0.5) is 11.5 Å². The Kier molecular flexibility index (Phi) is 5.27. The number of nitrogens with one attached hydrogen (secondary N) is 1. The molecule has 2 aromatic heterocycles. The lowest BCUT2D eigenvalue weighted by Crippen LogP contribution is -2.38. The number of hydrogen-bond acceptors (Lipinski definition) is 6. The first kappa shape index (κ1) is 18.1. The lowest BCUT2D eigenvalue weighted by Gasteiger charge is -2.31. The summed E-state index contributed by atoms with van der Waals surface area (Å²) in [6.07, 6.45) is 5.64. The standard InChI is InChI=1S/C20H23N7O/c1-2-15-3-5-17(6-4-15)23-20(28)16-9-11-26(12-10-16)18-7-8-19(25-24-18)27-14-21-13-22-27/h3-8,13-14,16H,2,9-12H2,1H3,(H,23,28). The molecule has 0 atom stereocenters. The van der Waals surface area contributed by atoms with Crippen LogP contribution in [0.2, 0.25) is 0 Å². The number of amides is 1. The van der Waals surface area contributed by atoms with Crippen molar-refractivity contribution in [3.05, 3.63) is 54.6 Å². The molecule has 0 radical (unpaired) electrons. The highest BCUT2D eigenvalue weighted by molar-refractivity contribution is 5.92. The Labute approximate surface area is 163 Å². The maximum Gasteiger partial charge on any atom is 0.227 e. The summed E-state index contributed by atoms with van der Waals surface area (Å²) in [5.41, 5.74) is 2.13. The van der Waals surface area contributed by atoms with E-state index < -0.39 is 0 Å². The van der Waals surface area contributed by atoms with Gasteiger partial charge in [-0.25, -0.2) is 9.67 Å². The van der Waals surface area contributed by atoms with Gasteiger partial charge in [-0.3, -0.25) is 4.79 Å². The highest BCUT2D eigenvalue weighted by Crippen LogP contribution is 2.23. The number of aryl methyl sites for hydroxylation is 1. The third-order valence-corrected chi connectivity index (χ3v) is 5.11. The summed E-state index contributed by atoms with van der Waals surface area (Å²) in [6.45, 7) is 3.68. The molecule has 1 amide bonds. The number of hydrogen-bond donors (Lipinski definition) is 1. The van der Waals surface area contributed by atoms with Crippen LogP contribution in [0.5, 0.6) is 0 Å². The van der Waals surface area contributed by atoms with E-state index in [2.05, 4.69) is 49.6 Å². The van der Waals surface area contributed by atoms with Gasteiger partial charge in [0.25, 0.3) is 0 Å². The van der Waals surface area contributed by atoms with Gasteiger partial charge in [-0.15, -0.1) is 10.2 Å². The van der Waals surface area contributed by atoms with Crippen molar-refractivity contribution in [1.29, 1.82) is 0 Å². The maximum atomic E-state index is 12.6. The molecule has 8 nitrogen and oxygen atoms in total. The Morgan fingerprint density at radius 2 is 1.79 bits per heavy atom. The zero-order valence-corrected chi connectivity index (χ0v) is 15.8. The van der Waals surface area contributed by atoms with Crippen LogP contribution >= 0.6 is 0 Å². The Hall–Kier alpha value is -3.29. The minimum absolute atomic E-state index is 0.0180. The number of carbonyl (C=O) groups excluding carboxylic acids is 1. The van der Waals surface area contributed by atoms with E-state index in [-0.39, 0.29) is 11.8 Å². The van der Waals surface area contributed by atoms with Crippen molar-refractivity contribution < 1.29 is 4.79 Å². The van der Waals surface area contributed by atoms with E-state index >= 15 is 0 Å². The van der Waals surface area contributed by atoms with Crippen molar-refractivity contribution in [3.8, 4) is 5.82 Å². The normalized spacial score (nSPS) is 14.8. The van der Waals surface area contributed by atoms with Crippen LogP contribution in [-0.4, -0.2) is 44.0 Å². The van der Waals surface area contributed by atoms with E-state index in [1.807, 2.05) is 24.3 Å². The quantitative estimate of drug-likeness (QED) is 0.735. The van der Waals surface area contributed by atoms with Crippen LogP contribution in [0.25, 0.3) is 5.82 Å². The molecule has 1 aliphatic heterocycles. The first-order valence-electron chi connectivity index (χ1n) is 9.56. The van der Waals surface area contributed by atoms with Gasteiger partial charge in [-0.05, 0) is 49.1 Å². The third-order valence-electron chi connectivity index (χ3n) is 5.11. The van der Waals surface area contributed by atoms with Crippen LogP contribution in [-0.2, 0) is 11.2 Å². The minimum Gasteiger partial charge on any atom is -0.355 e. The number of nitrogens with zero attached hydrogens (tertiary/aromatic N) is 6. The van der Waals surface area contributed by atoms with Crippen LogP contribution < -0.4 is 10.2 Å². The lowest BCUT2D eigenvalue weighted by molar-refractivity contribution is -0.120. The first-order valence-corrected chi connectivity index (χ1v) is 9.56. The van der Waals surface area contributed by atoms with Gasteiger partial charge in [0.2, 0.25) is 5.91 Å². The second-order valence-corrected chi connectivity index (χ2v) is 6.89. The second kappa shape index (κ2) is 8.16. The number of carbonyl (C=O) groups is 1. The molecule has 0 saturated carbocycles. The van der Waals surface area contributed by atoms with E-state index in [0.29, 0.717) is 5.82 Å². The monoisotopic (exact) mass is 377 g/mol. The van der Waals surface area contributed by atoms with E-state index in [9.17, 15) is 4.79 Å². The van der Waals surface area contributed by atoms with Crippen LogP contribution in [0, 0.1) is 5.92 Å². The molecule has 1 fully saturated rings. The predicted molar refractivity (Wildman–Crippen MR) is 106 cm³/mol. The molecule has 8 heteroatoms. The van der Waals surface area contributed by atoms with Crippen LogP contribution in [0.15, 0.2) is 49.1 Å². The van der Waals surface area contributed by atoms with Crippen molar-refractivity contribution in [3.63, 3.8) is 0 Å². The number of anilines is 2. The SMILES string of the molecule is CCc1ccc(NC(=O)C2CCN(c3ccc(-n4cncn4)nn3)CC2)cc1. The van der Waals surface area contributed by atoms with E-state index in [4.69, 9.17) is 0 Å². The number of aromatic nitrogens is 5. The van der Waals surface area contributed by atoms with Gasteiger partial charge in [-0.2, -0.15) is 5.10 Å². The Bertz CT molecular complexity index is 899. The molecule has 3 aromatic rings. The van der Waals surface area contributed by atoms with Crippen LogP contribution in [0.3, 0.4) is 0 Å². The van der Waals surface area contributed by atoms with Gasteiger partial charge in [0.05, 0.1) is 0 Å². The summed E-state index contributed by atoms with van der Waals surface area (Å²) in [4.78, 5) is 18.6. The number of benzene rings is 1. The largest absolute Gasteiger partial charge is 0.355 e.